The molecule has 0 unspecified atom stereocenters. The van der Waals surface area contributed by atoms with Gasteiger partial charge in [0.2, 0.25) is 11.9 Å². The number of rotatable bonds is 9. The van der Waals surface area contributed by atoms with E-state index in [1.165, 1.54) is 0 Å². The van der Waals surface area contributed by atoms with Crippen LogP contribution in [0.1, 0.15) is 25.8 Å². The Morgan fingerprint density at radius 2 is 1.83 bits per heavy atom. The molecule has 0 saturated carbocycles. The van der Waals surface area contributed by atoms with E-state index >= 15 is 0 Å². The number of carbonyl (C=O) groups is 2. The normalized spacial score (nSPS) is 13.6. The van der Waals surface area contributed by atoms with Crippen molar-refractivity contribution in [1.82, 2.24) is 20.2 Å². The average Bonchev–Trinajstić information content (AvgIpc) is 3.42. The van der Waals surface area contributed by atoms with Crippen LogP contribution < -0.4 is 25.0 Å². The van der Waals surface area contributed by atoms with E-state index in [9.17, 15) is 9.59 Å². The number of para-hydroxylation sites is 2. The minimum absolute atomic E-state index is 0.194. The molecule has 1 aliphatic rings. The maximum absolute atomic E-state index is 13.2. The molecule has 0 radical (unpaired) electrons. The molecule has 186 valence electrons. The molecule has 9 nitrogen and oxygen atoms in total. The van der Waals surface area contributed by atoms with Crippen molar-refractivity contribution in [2.45, 2.75) is 39.3 Å². The number of benzene rings is 2. The summed E-state index contributed by atoms with van der Waals surface area (Å²) in [6.07, 6.45) is 1.17. The molecule has 4 rings (SSSR count). The fourth-order valence-corrected chi connectivity index (χ4v) is 4.40. The van der Waals surface area contributed by atoms with Crippen LogP contribution in [-0.2, 0) is 17.8 Å². The molecular formula is C26H33N5O4. The van der Waals surface area contributed by atoms with Crippen LogP contribution in [-0.4, -0.2) is 54.8 Å². The molecule has 0 aliphatic carbocycles. The van der Waals surface area contributed by atoms with Gasteiger partial charge in [0.05, 0.1) is 25.3 Å². The van der Waals surface area contributed by atoms with Gasteiger partial charge in [0.1, 0.15) is 6.04 Å². The number of anilines is 1. The molecule has 0 bridgehead atoms. The predicted octanol–water partition coefficient (Wildman–Crippen LogP) is 3.36. The summed E-state index contributed by atoms with van der Waals surface area (Å²) in [6.45, 7) is 5.71. The third kappa shape index (κ3) is 5.34. The van der Waals surface area contributed by atoms with E-state index in [1.807, 2.05) is 60.9 Å². The van der Waals surface area contributed by atoms with Gasteiger partial charge in [-0.3, -0.25) is 9.69 Å². The fourth-order valence-electron chi connectivity index (χ4n) is 4.40. The number of amides is 3. The summed E-state index contributed by atoms with van der Waals surface area (Å²) in [7, 11) is 3.19. The monoisotopic (exact) mass is 479 g/mol. The van der Waals surface area contributed by atoms with E-state index in [0.717, 1.165) is 16.6 Å². The van der Waals surface area contributed by atoms with Crippen LogP contribution in [0.4, 0.5) is 10.7 Å². The van der Waals surface area contributed by atoms with Crippen LogP contribution in [0.5, 0.6) is 11.5 Å². The van der Waals surface area contributed by atoms with Crippen LogP contribution in [0.25, 0.3) is 11.0 Å². The maximum atomic E-state index is 13.2. The lowest BCUT2D eigenvalue weighted by molar-refractivity contribution is -0.123. The van der Waals surface area contributed by atoms with Gasteiger partial charge < -0.3 is 24.7 Å². The number of nitrogens with one attached hydrogen (secondary N) is 2. The third-order valence-electron chi connectivity index (χ3n) is 6.15. The zero-order chi connectivity index (χ0) is 24.9. The number of urea groups is 1. The summed E-state index contributed by atoms with van der Waals surface area (Å²) >= 11 is 0. The van der Waals surface area contributed by atoms with Crippen molar-refractivity contribution in [3.05, 3.63) is 48.0 Å². The van der Waals surface area contributed by atoms with E-state index < -0.39 is 6.04 Å². The molecule has 2 aromatic carbocycles. The van der Waals surface area contributed by atoms with Gasteiger partial charge in [-0.05, 0) is 48.6 Å². The second kappa shape index (κ2) is 10.7. The molecule has 0 fully saturated rings. The topological polar surface area (TPSA) is 97.7 Å². The molecule has 1 aliphatic heterocycles. The highest BCUT2D eigenvalue weighted by atomic mass is 16.5. The van der Waals surface area contributed by atoms with Gasteiger partial charge in [-0.15, -0.1) is 0 Å². The van der Waals surface area contributed by atoms with Crippen LogP contribution in [0.15, 0.2) is 42.5 Å². The lowest BCUT2D eigenvalue weighted by Crippen LogP contribution is -2.52. The van der Waals surface area contributed by atoms with Crippen LogP contribution in [0.2, 0.25) is 0 Å². The SMILES string of the molecule is COc1ccc(CCNC(=O)[C@H](CC(C)C)NC(=O)N2CCn3c2nc2ccccc23)cc1OC. The maximum Gasteiger partial charge on any atom is 0.324 e. The number of fused-ring (bicyclic) bond motifs is 3. The lowest BCUT2D eigenvalue weighted by Gasteiger charge is -2.23. The minimum atomic E-state index is -0.633. The first-order valence-electron chi connectivity index (χ1n) is 11.9. The smallest absolute Gasteiger partial charge is 0.324 e. The first-order valence-corrected chi connectivity index (χ1v) is 11.9. The number of hydrogen-bond donors (Lipinski definition) is 2. The second-order valence-electron chi connectivity index (χ2n) is 9.07. The predicted molar refractivity (Wildman–Crippen MR) is 135 cm³/mol. The highest BCUT2D eigenvalue weighted by molar-refractivity contribution is 5.96. The molecule has 3 amide bonds. The number of aromatic nitrogens is 2. The van der Waals surface area contributed by atoms with Gasteiger partial charge in [-0.1, -0.05) is 32.0 Å². The van der Waals surface area contributed by atoms with E-state index in [1.54, 1.807) is 19.1 Å². The lowest BCUT2D eigenvalue weighted by atomic mass is 10.0. The third-order valence-corrected chi connectivity index (χ3v) is 6.15. The molecule has 2 N–H and O–H groups in total. The molecule has 1 atom stereocenters. The van der Waals surface area contributed by atoms with Crippen LogP contribution >= 0.6 is 0 Å². The zero-order valence-corrected chi connectivity index (χ0v) is 20.7. The van der Waals surface area contributed by atoms with Gasteiger partial charge in [-0.25, -0.2) is 9.78 Å². The van der Waals surface area contributed by atoms with Crippen molar-refractivity contribution in [3.63, 3.8) is 0 Å². The minimum Gasteiger partial charge on any atom is -0.493 e. The Morgan fingerprint density at radius 1 is 1.06 bits per heavy atom. The largest absolute Gasteiger partial charge is 0.493 e. The summed E-state index contributed by atoms with van der Waals surface area (Å²) in [5, 5.41) is 5.92. The van der Waals surface area contributed by atoms with E-state index in [-0.39, 0.29) is 17.9 Å². The van der Waals surface area contributed by atoms with Gasteiger partial charge in [-0.2, -0.15) is 0 Å². The number of hydrogen-bond acceptors (Lipinski definition) is 5. The summed E-state index contributed by atoms with van der Waals surface area (Å²) in [5.74, 6) is 1.97. The quantitative estimate of drug-likeness (QED) is 0.491. The molecule has 3 aromatic rings. The van der Waals surface area contributed by atoms with Crippen LogP contribution in [0.3, 0.4) is 0 Å². The highest BCUT2D eigenvalue weighted by Crippen LogP contribution is 2.28. The zero-order valence-electron chi connectivity index (χ0n) is 20.7. The Kier molecular flexibility index (Phi) is 7.43. The van der Waals surface area contributed by atoms with E-state index in [0.29, 0.717) is 49.9 Å². The summed E-state index contributed by atoms with van der Waals surface area (Å²) in [6, 6.07) is 12.6. The average molecular weight is 480 g/mol. The van der Waals surface area contributed by atoms with Gasteiger partial charge in [0.15, 0.2) is 11.5 Å². The Hall–Kier alpha value is -3.75. The standard InChI is InChI=1S/C26H33N5O4/c1-17(2)15-20(24(32)27-12-11-18-9-10-22(34-3)23(16-18)35-4)29-26(33)31-14-13-30-21-8-6-5-7-19(21)28-25(30)31/h5-10,16-17,20H,11-15H2,1-4H3,(H,27,32)(H,29,33)/t20-/m0/s1. The van der Waals surface area contributed by atoms with Crippen molar-refractivity contribution in [1.29, 1.82) is 0 Å². The molecule has 35 heavy (non-hydrogen) atoms. The Bertz CT molecular complexity index is 1210. The second-order valence-corrected chi connectivity index (χ2v) is 9.07. The molecule has 1 aromatic heterocycles. The fraction of sp³-hybridized carbons (Fsp3) is 0.423. The van der Waals surface area contributed by atoms with Crippen molar-refractivity contribution >= 4 is 28.9 Å². The first-order chi connectivity index (χ1) is 16.9. The van der Waals surface area contributed by atoms with Gasteiger partial charge in [0.25, 0.3) is 0 Å². The van der Waals surface area contributed by atoms with Crippen LogP contribution in [0, 0.1) is 5.92 Å². The first kappa shape index (κ1) is 24.4. The number of carbonyl (C=O) groups excluding carboxylic acids is 2. The number of nitrogens with zero attached hydrogens (tertiary/aromatic N) is 3. The van der Waals surface area contributed by atoms with Crippen molar-refractivity contribution in [2.24, 2.45) is 5.92 Å². The van der Waals surface area contributed by atoms with Crippen molar-refractivity contribution in [2.75, 3.05) is 32.2 Å². The summed E-state index contributed by atoms with van der Waals surface area (Å²) in [5.41, 5.74) is 2.87. The Balaban J connectivity index is 1.38. The van der Waals surface area contributed by atoms with Gasteiger partial charge in [0, 0.05) is 19.6 Å². The van der Waals surface area contributed by atoms with Crippen molar-refractivity contribution < 1.29 is 19.1 Å². The molecule has 9 heteroatoms. The van der Waals surface area contributed by atoms with E-state index in [4.69, 9.17) is 9.47 Å². The Labute approximate surface area is 205 Å². The van der Waals surface area contributed by atoms with Gasteiger partial charge >= 0.3 is 6.03 Å². The molecule has 2 heterocycles. The summed E-state index contributed by atoms with van der Waals surface area (Å²) < 4.78 is 12.7. The van der Waals surface area contributed by atoms with Crippen molar-refractivity contribution in [3.8, 4) is 11.5 Å². The summed E-state index contributed by atoms with van der Waals surface area (Å²) in [4.78, 5) is 32.4. The number of ether oxygens (including phenoxy) is 2. The highest BCUT2D eigenvalue weighted by Gasteiger charge is 2.31. The molecule has 0 saturated heterocycles. The molecular weight excluding hydrogens is 446 g/mol. The Morgan fingerprint density at radius 3 is 2.57 bits per heavy atom. The number of methoxy groups -OCH3 is 2. The van der Waals surface area contributed by atoms with E-state index in [2.05, 4.69) is 15.6 Å². The molecule has 0 spiro atoms. The number of imidazole rings is 1.